The van der Waals surface area contributed by atoms with Gasteiger partial charge in [-0.05, 0) is 38.5 Å². The predicted molar refractivity (Wildman–Crippen MR) is 112 cm³/mol. The number of benzene rings is 2. The molecular formula is C20H28N2O5S. The van der Waals surface area contributed by atoms with Gasteiger partial charge in [-0.2, -0.15) is 0 Å². The minimum absolute atomic E-state index is 0.533. The van der Waals surface area contributed by atoms with E-state index in [2.05, 4.69) is 10.0 Å². The minimum atomic E-state index is -3.45. The van der Waals surface area contributed by atoms with Crippen LogP contribution in [0.15, 0.2) is 36.4 Å². The van der Waals surface area contributed by atoms with Gasteiger partial charge in [0.1, 0.15) is 0 Å². The lowest BCUT2D eigenvalue weighted by molar-refractivity contribution is 0.324. The third-order valence-electron chi connectivity index (χ3n) is 4.17. The van der Waals surface area contributed by atoms with Crippen molar-refractivity contribution in [2.75, 3.05) is 31.4 Å². The maximum absolute atomic E-state index is 12.2. The first-order valence-electron chi connectivity index (χ1n) is 8.76. The number of nitrogens with one attached hydrogen (secondary N) is 2. The number of rotatable bonds is 8. The topological polar surface area (TPSA) is 85.9 Å². The van der Waals surface area contributed by atoms with E-state index in [-0.39, 0.29) is 0 Å². The molecule has 2 aromatic carbocycles. The zero-order valence-corrected chi connectivity index (χ0v) is 17.9. The molecule has 0 fully saturated rings. The highest BCUT2D eigenvalue weighted by Gasteiger charge is 2.28. The third-order valence-corrected chi connectivity index (χ3v) is 6.29. The molecule has 0 heterocycles. The summed E-state index contributed by atoms with van der Waals surface area (Å²) in [6, 6.07) is 10.9. The number of methoxy groups -OCH3 is 3. The van der Waals surface area contributed by atoms with Crippen molar-refractivity contribution >= 4 is 21.4 Å². The van der Waals surface area contributed by atoms with E-state index in [4.69, 9.17) is 14.2 Å². The lowest BCUT2D eigenvalue weighted by atomic mass is 10.2. The van der Waals surface area contributed by atoms with Crippen LogP contribution in [0.1, 0.15) is 26.3 Å². The van der Waals surface area contributed by atoms with Gasteiger partial charge in [-0.15, -0.1) is 0 Å². The average molecular weight is 409 g/mol. The van der Waals surface area contributed by atoms with Gasteiger partial charge in [0.2, 0.25) is 15.8 Å². The van der Waals surface area contributed by atoms with Gasteiger partial charge in [-0.25, -0.2) is 8.42 Å². The molecule has 0 aliphatic rings. The van der Waals surface area contributed by atoms with Crippen LogP contribution in [-0.4, -0.2) is 34.5 Å². The molecule has 8 heteroatoms. The Bertz CT molecular complexity index is 878. The normalized spacial score (nSPS) is 11.6. The Morgan fingerprint density at radius 2 is 1.39 bits per heavy atom. The van der Waals surface area contributed by atoms with Crippen molar-refractivity contribution in [2.45, 2.75) is 32.1 Å². The molecule has 0 saturated carbocycles. The molecule has 0 bridgehead atoms. The molecule has 0 aromatic heterocycles. The van der Waals surface area contributed by atoms with Crippen LogP contribution >= 0.6 is 0 Å². The van der Waals surface area contributed by atoms with Crippen molar-refractivity contribution in [3.05, 3.63) is 42.0 Å². The fraction of sp³-hybridized carbons (Fsp3) is 0.400. The van der Waals surface area contributed by atoms with Crippen LogP contribution < -0.4 is 24.2 Å². The van der Waals surface area contributed by atoms with E-state index in [9.17, 15) is 8.42 Å². The van der Waals surface area contributed by atoms with Crippen LogP contribution in [0.4, 0.5) is 11.4 Å². The Labute approximate surface area is 167 Å². The van der Waals surface area contributed by atoms with Crippen LogP contribution in [0, 0.1) is 0 Å². The summed E-state index contributed by atoms with van der Waals surface area (Å²) in [4.78, 5) is 0. The molecular weight excluding hydrogens is 380 g/mol. The molecule has 28 heavy (non-hydrogen) atoms. The van der Waals surface area contributed by atoms with Gasteiger partial charge in [0, 0.05) is 30.1 Å². The number of anilines is 2. The summed E-state index contributed by atoms with van der Waals surface area (Å²) in [5, 5.41) is 3.30. The summed E-state index contributed by atoms with van der Waals surface area (Å²) < 4.78 is 42.2. The third kappa shape index (κ3) is 5.01. The summed E-state index contributed by atoms with van der Waals surface area (Å²) in [5.74, 6) is 1.67. The molecule has 2 rings (SSSR count). The summed E-state index contributed by atoms with van der Waals surface area (Å²) >= 11 is 0. The molecule has 0 radical (unpaired) electrons. The molecule has 154 valence electrons. The van der Waals surface area contributed by atoms with Gasteiger partial charge < -0.3 is 19.5 Å². The van der Waals surface area contributed by atoms with E-state index in [1.165, 1.54) is 0 Å². The first-order valence-corrected chi connectivity index (χ1v) is 10.2. The number of sulfonamides is 1. The van der Waals surface area contributed by atoms with Gasteiger partial charge in [-0.3, -0.25) is 4.72 Å². The van der Waals surface area contributed by atoms with Crippen molar-refractivity contribution in [2.24, 2.45) is 0 Å². The van der Waals surface area contributed by atoms with E-state index in [1.54, 1.807) is 54.2 Å². The van der Waals surface area contributed by atoms with Gasteiger partial charge in [0.15, 0.2) is 11.5 Å². The fourth-order valence-corrected chi connectivity index (χ4v) is 3.14. The Kier molecular flexibility index (Phi) is 6.66. The molecule has 0 amide bonds. The number of ether oxygens (including phenoxy) is 3. The zero-order valence-electron chi connectivity index (χ0n) is 17.1. The molecule has 7 nitrogen and oxygen atoms in total. The van der Waals surface area contributed by atoms with E-state index < -0.39 is 14.8 Å². The standard InChI is InChI=1S/C20H28N2O5S/c1-20(2,3)28(23,24)22-15-9-7-14(8-10-15)13-21-16-11-17(25-4)19(27-6)18(12-16)26-5/h7-12,21-22H,13H2,1-6H3. The van der Waals surface area contributed by atoms with Crippen molar-refractivity contribution < 1.29 is 22.6 Å². The summed E-state index contributed by atoms with van der Waals surface area (Å²) in [7, 11) is 1.25. The first kappa shape index (κ1) is 21.7. The second kappa shape index (κ2) is 8.60. The van der Waals surface area contributed by atoms with Crippen LogP contribution in [-0.2, 0) is 16.6 Å². The van der Waals surface area contributed by atoms with E-state index >= 15 is 0 Å². The van der Waals surface area contributed by atoms with Gasteiger partial charge in [-0.1, -0.05) is 12.1 Å². The molecule has 0 atom stereocenters. The monoisotopic (exact) mass is 408 g/mol. The largest absolute Gasteiger partial charge is 0.493 e. The maximum atomic E-state index is 12.2. The Balaban J connectivity index is 2.10. The minimum Gasteiger partial charge on any atom is -0.493 e. The summed E-state index contributed by atoms with van der Waals surface area (Å²) in [5.41, 5.74) is 2.34. The van der Waals surface area contributed by atoms with Crippen LogP contribution in [0.25, 0.3) is 0 Å². The van der Waals surface area contributed by atoms with Gasteiger partial charge in [0.25, 0.3) is 0 Å². The lowest BCUT2D eigenvalue weighted by Crippen LogP contribution is -2.33. The fourth-order valence-electron chi connectivity index (χ4n) is 2.39. The van der Waals surface area contributed by atoms with Crippen LogP contribution in [0.2, 0.25) is 0 Å². The van der Waals surface area contributed by atoms with E-state index in [0.717, 1.165) is 11.3 Å². The van der Waals surface area contributed by atoms with Crippen molar-refractivity contribution in [3.63, 3.8) is 0 Å². The maximum Gasteiger partial charge on any atom is 0.237 e. The molecule has 0 saturated heterocycles. The van der Waals surface area contributed by atoms with Crippen LogP contribution in [0.5, 0.6) is 17.2 Å². The highest BCUT2D eigenvalue weighted by molar-refractivity contribution is 7.94. The zero-order chi connectivity index (χ0) is 20.9. The second-order valence-corrected chi connectivity index (χ2v) is 9.62. The molecule has 2 aromatic rings. The molecule has 0 aliphatic carbocycles. The highest BCUT2D eigenvalue weighted by Crippen LogP contribution is 2.40. The van der Waals surface area contributed by atoms with Gasteiger partial charge >= 0.3 is 0 Å². The number of hydrogen-bond donors (Lipinski definition) is 2. The van der Waals surface area contributed by atoms with E-state index in [0.29, 0.717) is 29.5 Å². The lowest BCUT2D eigenvalue weighted by Gasteiger charge is -2.20. The first-order chi connectivity index (χ1) is 13.1. The molecule has 0 aliphatic heterocycles. The SMILES string of the molecule is COc1cc(NCc2ccc(NS(=O)(=O)C(C)(C)C)cc2)cc(OC)c1OC. The summed E-state index contributed by atoms with van der Waals surface area (Å²) in [6.07, 6.45) is 0. The Morgan fingerprint density at radius 1 is 0.857 bits per heavy atom. The molecule has 0 unspecified atom stereocenters. The molecule has 2 N–H and O–H groups in total. The van der Waals surface area contributed by atoms with E-state index in [1.807, 2.05) is 24.3 Å². The number of hydrogen-bond acceptors (Lipinski definition) is 6. The highest BCUT2D eigenvalue weighted by atomic mass is 32.2. The van der Waals surface area contributed by atoms with Crippen LogP contribution in [0.3, 0.4) is 0 Å². The Morgan fingerprint density at radius 3 is 1.82 bits per heavy atom. The predicted octanol–water partition coefficient (Wildman–Crippen LogP) is 3.86. The smallest absolute Gasteiger partial charge is 0.237 e. The van der Waals surface area contributed by atoms with Crippen molar-refractivity contribution in [1.82, 2.24) is 0 Å². The van der Waals surface area contributed by atoms with Crippen molar-refractivity contribution in [3.8, 4) is 17.2 Å². The second-order valence-electron chi connectivity index (χ2n) is 7.18. The summed E-state index contributed by atoms with van der Waals surface area (Å²) in [6.45, 7) is 5.52. The Hall–Kier alpha value is -2.61. The van der Waals surface area contributed by atoms with Gasteiger partial charge in [0.05, 0.1) is 26.1 Å². The van der Waals surface area contributed by atoms with Crippen molar-refractivity contribution in [1.29, 1.82) is 0 Å². The quantitative estimate of drug-likeness (QED) is 0.690. The molecule has 0 spiro atoms. The average Bonchev–Trinajstić information content (AvgIpc) is 2.65.